The lowest BCUT2D eigenvalue weighted by molar-refractivity contribution is -0.138. The largest absolute Gasteiger partial charge is 0.480 e. The Kier molecular flexibility index (Phi) is 4.73. The fourth-order valence-electron chi connectivity index (χ4n) is 2.43. The molecule has 0 bridgehead atoms. The second-order valence-electron chi connectivity index (χ2n) is 5.01. The molecular formula is C13H20N4O3. The number of carbonyl (C=O) groups excluding carboxylic acids is 1. The molecule has 7 nitrogen and oxygen atoms in total. The Labute approximate surface area is 117 Å². The molecule has 0 aliphatic carbocycles. The number of carboxylic acid groups (broad SMARTS) is 1. The molecule has 2 rings (SSSR count). The van der Waals surface area contributed by atoms with Crippen molar-refractivity contribution in [3.8, 4) is 0 Å². The smallest absolute Gasteiger partial charge is 0.317 e. The van der Waals surface area contributed by atoms with Gasteiger partial charge in [0.1, 0.15) is 6.04 Å². The lowest BCUT2D eigenvalue weighted by Gasteiger charge is -2.24. The highest BCUT2D eigenvalue weighted by molar-refractivity contribution is 5.80. The van der Waals surface area contributed by atoms with Crippen LogP contribution in [0.25, 0.3) is 0 Å². The second-order valence-corrected chi connectivity index (χ2v) is 5.01. The molecule has 1 saturated heterocycles. The molecule has 1 aliphatic heterocycles. The third kappa shape index (κ3) is 3.57. The molecular weight excluding hydrogens is 260 g/mol. The maximum Gasteiger partial charge on any atom is 0.317 e. The minimum Gasteiger partial charge on any atom is -0.480 e. The summed E-state index contributed by atoms with van der Waals surface area (Å²) in [7, 11) is 0. The monoisotopic (exact) mass is 280 g/mol. The van der Waals surface area contributed by atoms with E-state index in [2.05, 4.69) is 5.10 Å². The number of aliphatic carboxylic acids is 1. The SMILES string of the molecule is CC(C(=O)N1CCCN(CC(=O)O)CC1)n1cccn1. The van der Waals surface area contributed by atoms with E-state index in [1.54, 1.807) is 28.0 Å². The van der Waals surface area contributed by atoms with Crippen molar-refractivity contribution < 1.29 is 14.7 Å². The first kappa shape index (κ1) is 14.5. The van der Waals surface area contributed by atoms with E-state index in [4.69, 9.17) is 5.11 Å². The van der Waals surface area contributed by atoms with Crippen molar-refractivity contribution in [2.24, 2.45) is 0 Å². The maximum atomic E-state index is 12.4. The highest BCUT2D eigenvalue weighted by Gasteiger charge is 2.24. The number of nitrogens with zero attached hydrogens (tertiary/aromatic N) is 4. The fraction of sp³-hybridized carbons (Fsp3) is 0.615. The number of rotatable bonds is 4. The molecule has 0 saturated carbocycles. The van der Waals surface area contributed by atoms with Crippen molar-refractivity contribution in [3.63, 3.8) is 0 Å². The van der Waals surface area contributed by atoms with Crippen LogP contribution in [0.1, 0.15) is 19.4 Å². The van der Waals surface area contributed by atoms with E-state index < -0.39 is 5.97 Å². The van der Waals surface area contributed by atoms with E-state index in [0.29, 0.717) is 26.2 Å². The predicted molar refractivity (Wildman–Crippen MR) is 72.2 cm³/mol. The van der Waals surface area contributed by atoms with E-state index in [9.17, 15) is 9.59 Å². The zero-order valence-corrected chi connectivity index (χ0v) is 11.6. The van der Waals surface area contributed by atoms with Gasteiger partial charge in [-0.1, -0.05) is 0 Å². The summed E-state index contributed by atoms with van der Waals surface area (Å²) in [6.07, 6.45) is 4.22. The normalized spacial score (nSPS) is 18.6. The zero-order valence-electron chi connectivity index (χ0n) is 11.6. The van der Waals surface area contributed by atoms with E-state index in [1.807, 2.05) is 11.8 Å². The van der Waals surface area contributed by atoms with Gasteiger partial charge in [0.2, 0.25) is 5.91 Å². The molecule has 0 aromatic carbocycles. The lowest BCUT2D eigenvalue weighted by atomic mass is 10.2. The maximum absolute atomic E-state index is 12.4. The summed E-state index contributed by atoms with van der Waals surface area (Å²) in [6.45, 7) is 4.42. The van der Waals surface area contributed by atoms with Crippen molar-refractivity contribution in [2.45, 2.75) is 19.4 Å². The molecule has 1 amide bonds. The van der Waals surface area contributed by atoms with Crippen LogP contribution in [-0.2, 0) is 9.59 Å². The first-order valence-electron chi connectivity index (χ1n) is 6.80. The Morgan fingerprint density at radius 1 is 1.30 bits per heavy atom. The molecule has 7 heteroatoms. The Morgan fingerprint density at radius 3 is 2.75 bits per heavy atom. The predicted octanol–water partition coefficient (Wildman–Crippen LogP) is 0.0630. The molecule has 1 N–H and O–H groups in total. The van der Waals surface area contributed by atoms with Crippen LogP contribution in [0.15, 0.2) is 18.5 Å². The van der Waals surface area contributed by atoms with Gasteiger partial charge in [0, 0.05) is 38.6 Å². The molecule has 1 aromatic heterocycles. The molecule has 1 unspecified atom stereocenters. The molecule has 1 fully saturated rings. The van der Waals surface area contributed by atoms with Crippen LogP contribution >= 0.6 is 0 Å². The summed E-state index contributed by atoms with van der Waals surface area (Å²) in [5.41, 5.74) is 0. The molecule has 0 spiro atoms. The third-order valence-electron chi connectivity index (χ3n) is 3.54. The first-order valence-corrected chi connectivity index (χ1v) is 6.80. The van der Waals surface area contributed by atoms with Crippen molar-refractivity contribution in [2.75, 3.05) is 32.7 Å². The molecule has 1 atom stereocenters. The van der Waals surface area contributed by atoms with Gasteiger partial charge in [-0.05, 0) is 19.4 Å². The van der Waals surface area contributed by atoms with Gasteiger partial charge in [-0.25, -0.2) is 0 Å². The van der Waals surface area contributed by atoms with E-state index in [0.717, 1.165) is 6.42 Å². The van der Waals surface area contributed by atoms with E-state index in [-0.39, 0.29) is 18.5 Å². The summed E-state index contributed by atoms with van der Waals surface area (Å²) in [5.74, 6) is -0.791. The molecule has 0 radical (unpaired) electrons. The van der Waals surface area contributed by atoms with Gasteiger partial charge in [-0.15, -0.1) is 0 Å². The van der Waals surface area contributed by atoms with Crippen LogP contribution in [0.3, 0.4) is 0 Å². The van der Waals surface area contributed by atoms with Gasteiger partial charge in [-0.3, -0.25) is 19.2 Å². The van der Waals surface area contributed by atoms with Gasteiger partial charge in [0.15, 0.2) is 0 Å². The van der Waals surface area contributed by atoms with Crippen molar-refractivity contribution in [1.29, 1.82) is 0 Å². The highest BCUT2D eigenvalue weighted by atomic mass is 16.4. The first-order chi connectivity index (χ1) is 9.58. The summed E-state index contributed by atoms with van der Waals surface area (Å²) in [6, 6.07) is 1.47. The van der Waals surface area contributed by atoms with Crippen LogP contribution in [0.4, 0.5) is 0 Å². The van der Waals surface area contributed by atoms with Gasteiger partial charge in [-0.2, -0.15) is 5.10 Å². The minimum absolute atomic E-state index is 0.0332. The molecule has 20 heavy (non-hydrogen) atoms. The van der Waals surface area contributed by atoms with Gasteiger partial charge >= 0.3 is 5.97 Å². The number of amides is 1. The Balaban J connectivity index is 1.93. The van der Waals surface area contributed by atoms with Gasteiger partial charge in [0.25, 0.3) is 0 Å². The Bertz CT molecular complexity index is 460. The Hall–Kier alpha value is -1.89. The van der Waals surface area contributed by atoms with Crippen molar-refractivity contribution in [3.05, 3.63) is 18.5 Å². The Morgan fingerprint density at radius 2 is 2.10 bits per heavy atom. The summed E-state index contributed by atoms with van der Waals surface area (Å²) < 4.78 is 1.64. The van der Waals surface area contributed by atoms with Crippen LogP contribution < -0.4 is 0 Å². The van der Waals surface area contributed by atoms with Crippen LogP contribution in [0.5, 0.6) is 0 Å². The average Bonchev–Trinajstić information content (AvgIpc) is 2.85. The van der Waals surface area contributed by atoms with Gasteiger partial charge in [0.05, 0.1) is 6.54 Å². The molecule has 2 heterocycles. The molecule has 110 valence electrons. The summed E-state index contributed by atoms with van der Waals surface area (Å²) in [5, 5.41) is 12.9. The van der Waals surface area contributed by atoms with Crippen molar-refractivity contribution in [1.82, 2.24) is 19.6 Å². The zero-order chi connectivity index (χ0) is 14.5. The van der Waals surface area contributed by atoms with Gasteiger partial charge < -0.3 is 10.0 Å². The number of hydrogen-bond acceptors (Lipinski definition) is 4. The summed E-state index contributed by atoms with van der Waals surface area (Å²) >= 11 is 0. The topological polar surface area (TPSA) is 78.7 Å². The number of carbonyl (C=O) groups is 2. The van der Waals surface area contributed by atoms with Crippen LogP contribution in [-0.4, -0.2) is 69.3 Å². The lowest BCUT2D eigenvalue weighted by Crippen LogP contribution is -2.39. The van der Waals surface area contributed by atoms with Crippen LogP contribution in [0.2, 0.25) is 0 Å². The van der Waals surface area contributed by atoms with E-state index >= 15 is 0 Å². The van der Waals surface area contributed by atoms with Crippen molar-refractivity contribution >= 4 is 11.9 Å². The minimum atomic E-state index is -0.824. The number of hydrogen-bond donors (Lipinski definition) is 1. The standard InChI is InChI=1S/C13H20N4O3/c1-11(17-7-2-4-14-17)13(20)16-6-3-5-15(8-9-16)10-12(18)19/h2,4,7,11H,3,5-6,8-10H2,1H3,(H,18,19). The summed E-state index contributed by atoms with van der Waals surface area (Å²) in [4.78, 5) is 26.8. The fourth-order valence-corrected chi connectivity index (χ4v) is 2.43. The number of aromatic nitrogens is 2. The average molecular weight is 280 g/mol. The number of carboxylic acids is 1. The highest BCUT2D eigenvalue weighted by Crippen LogP contribution is 2.11. The quantitative estimate of drug-likeness (QED) is 0.844. The molecule has 1 aliphatic rings. The third-order valence-corrected chi connectivity index (χ3v) is 3.54. The second kappa shape index (κ2) is 6.51. The van der Waals surface area contributed by atoms with Crippen LogP contribution in [0, 0.1) is 0 Å². The molecule has 1 aromatic rings. The van der Waals surface area contributed by atoms with E-state index in [1.165, 1.54) is 0 Å².